The van der Waals surface area contributed by atoms with Crippen LogP contribution in [0.25, 0.3) is 0 Å². The molecule has 1 aromatic heterocycles. The van der Waals surface area contributed by atoms with E-state index in [1.165, 1.54) is 29.7 Å². The monoisotopic (exact) mass is 416 g/mol. The summed E-state index contributed by atoms with van der Waals surface area (Å²) in [6, 6.07) is 11.4. The van der Waals surface area contributed by atoms with Crippen molar-refractivity contribution in [2.75, 3.05) is 29.0 Å². The average molecular weight is 417 g/mol. The topological polar surface area (TPSA) is 91.4 Å². The Hall–Kier alpha value is -2.91. The Labute approximate surface area is 168 Å². The van der Waals surface area contributed by atoms with E-state index in [0.29, 0.717) is 16.4 Å². The van der Waals surface area contributed by atoms with Crippen molar-refractivity contribution < 1.29 is 13.2 Å². The fourth-order valence-corrected chi connectivity index (χ4v) is 4.46. The third-order valence-corrected chi connectivity index (χ3v) is 6.19. The number of nitrogens with zero attached hydrogens (tertiary/aromatic N) is 2. The van der Waals surface area contributed by atoms with E-state index in [4.69, 9.17) is 0 Å². The Morgan fingerprint density at radius 2 is 1.82 bits per heavy atom. The molecule has 3 rings (SSSR count). The summed E-state index contributed by atoms with van der Waals surface area (Å²) in [5.74, 6) is -0.259. The summed E-state index contributed by atoms with van der Waals surface area (Å²) in [7, 11) is 0.172. The van der Waals surface area contributed by atoms with Gasteiger partial charge in [0.15, 0.2) is 5.13 Å². The van der Waals surface area contributed by atoms with Crippen molar-refractivity contribution in [1.82, 2.24) is 4.98 Å². The first kappa shape index (κ1) is 19.8. The SMILES string of the molecule is Cc1cc(C(=O)Nc2ccc(S(=O)(=O)Nc3nccs3)cc2)ccc1N(C)C. The molecule has 0 aliphatic carbocycles. The zero-order valence-corrected chi connectivity index (χ0v) is 17.3. The lowest BCUT2D eigenvalue weighted by atomic mass is 10.1. The van der Waals surface area contributed by atoms with Gasteiger partial charge in [-0.1, -0.05) is 0 Å². The van der Waals surface area contributed by atoms with E-state index in [1.54, 1.807) is 23.6 Å². The third kappa shape index (κ3) is 4.49. The third-order valence-electron chi connectivity index (χ3n) is 4.02. The number of amides is 1. The second-order valence-electron chi connectivity index (χ2n) is 6.32. The van der Waals surface area contributed by atoms with E-state index in [9.17, 15) is 13.2 Å². The number of sulfonamides is 1. The van der Waals surface area contributed by atoms with Gasteiger partial charge in [-0.15, -0.1) is 11.3 Å². The number of hydrogen-bond donors (Lipinski definition) is 2. The van der Waals surface area contributed by atoms with Gasteiger partial charge in [0.2, 0.25) is 0 Å². The average Bonchev–Trinajstić information content (AvgIpc) is 3.14. The number of aromatic nitrogens is 1. The van der Waals surface area contributed by atoms with E-state index in [1.807, 2.05) is 38.1 Å². The maximum absolute atomic E-state index is 12.5. The lowest BCUT2D eigenvalue weighted by Crippen LogP contribution is -2.15. The summed E-state index contributed by atoms with van der Waals surface area (Å²) in [4.78, 5) is 18.5. The Bertz CT molecular complexity index is 1080. The number of anilines is 3. The lowest BCUT2D eigenvalue weighted by molar-refractivity contribution is 0.102. The van der Waals surface area contributed by atoms with Gasteiger partial charge >= 0.3 is 0 Å². The van der Waals surface area contributed by atoms with Gasteiger partial charge in [0.05, 0.1) is 4.90 Å². The smallest absolute Gasteiger partial charge is 0.263 e. The molecule has 0 atom stereocenters. The molecule has 2 N–H and O–H groups in total. The minimum Gasteiger partial charge on any atom is -0.377 e. The molecular formula is C19H20N4O3S2. The molecular weight excluding hydrogens is 396 g/mol. The molecule has 0 aliphatic heterocycles. The molecule has 2 aromatic carbocycles. The van der Waals surface area contributed by atoms with E-state index in [-0.39, 0.29) is 10.8 Å². The molecule has 0 bridgehead atoms. The van der Waals surface area contributed by atoms with Crippen molar-refractivity contribution in [3.63, 3.8) is 0 Å². The maximum atomic E-state index is 12.5. The predicted octanol–water partition coefficient (Wildman–Crippen LogP) is 3.57. The number of thiazole rings is 1. The van der Waals surface area contributed by atoms with E-state index < -0.39 is 10.0 Å². The zero-order chi connectivity index (χ0) is 20.3. The molecule has 0 radical (unpaired) electrons. The second-order valence-corrected chi connectivity index (χ2v) is 8.89. The number of benzene rings is 2. The Balaban J connectivity index is 1.72. The van der Waals surface area contributed by atoms with Gasteiger partial charge in [0.1, 0.15) is 0 Å². The van der Waals surface area contributed by atoms with Gasteiger partial charge in [0.25, 0.3) is 15.9 Å². The molecule has 7 nitrogen and oxygen atoms in total. The summed E-state index contributed by atoms with van der Waals surface area (Å²) in [5, 5.41) is 4.76. The van der Waals surface area contributed by atoms with Crippen molar-refractivity contribution in [2.24, 2.45) is 0 Å². The molecule has 3 aromatic rings. The van der Waals surface area contributed by atoms with Crippen molar-refractivity contribution in [3.8, 4) is 0 Å². The van der Waals surface area contributed by atoms with E-state index in [2.05, 4.69) is 15.0 Å². The Kier molecular flexibility index (Phi) is 5.66. The molecule has 0 fully saturated rings. The maximum Gasteiger partial charge on any atom is 0.263 e. The van der Waals surface area contributed by atoms with Crippen LogP contribution in [0.3, 0.4) is 0 Å². The summed E-state index contributed by atoms with van der Waals surface area (Å²) in [6.45, 7) is 1.95. The van der Waals surface area contributed by atoms with Crippen LogP contribution in [0.5, 0.6) is 0 Å². The molecule has 28 heavy (non-hydrogen) atoms. The number of hydrogen-bond acceptors (Lipinski definition) is 6. The number of aryl methyl sites for hydroxylation is 1. The fourth-order valence-electron chi connectivity index (χ4n) is 2.67. The van der Waals surface area contributed by atoms with Crippen LogP contribution in [-0.4, -0.2) is 33.4 Å². The second kappa shape index (κ2) is 7.99. The quantitative estimate of drug-likeness (QED) is 0.641. The summed E-state index contributed by atoms with van der Waals surface area (Å²) in [6.07, 6.45) is 1.52. The van der Waals surface area contributed by atoms with Crippen molar-refractivity contribution in [2.45, 2.75) is 11.8 Å². The molecule has 0 saturated heterocycles. The van der Waals surface area contributed by atoms with Gasteiger partial charge in [0, 0.05) is 42.6 Å². The summed E-state index contributed by atoms with van der Waals surface area (Å²) < 4.78 is 27.1. The summed E-state index contributed by atoms with van der Waals surface area (Å²) in [5.41, 5.74) is 3.07. The summed E-state index contributed by atoms with van der Waals surface area (Å²) >= 11 is 1.20. The molecule has 1 amide bonds. The van der Waals surface area contributed by atoms with Gasteiger partial charge in [-0.2, -0.15) is 0 Å². The van der Waals surface area contributed by atoms with Crippen molar-refractivity contribution in [1.29, 1.82) is 0 Å². The van der Waals surface area contributed by atoms with Crippen LogP contribution in [0.2, 0.25) is 0 Å². The molecule has 9 heteroatoms. The minimum absolute atomic E-state index is 0.0897. The van der Waals surface area contributed by atoms with Crippen LogP contribution >= 0.6 is 11.3 Å². The van der Waals surface area contributed by atoms with Gasteiger partial charge < -0.3 is 10.2 Å². The molecule has 0 spiro atoms. The largest absolute Gasteiger partial charge is 0.377 e. The number of rotatable bonds is 6. The fraction of sp³-hybridized carbons (Fsp3) is 0.158. The number of carbonyl (C=O) groups is 1. The van der Waals surface area contributed by atoms with Crippen LogP contribution in [0.15, 0.2) is 58.9 Å². The zero-order valence-electron chi connectivity index (χ0n) is 15.6. The Morgan fingerprint density at radius 3 is 2.39 bits per heavy atom. The van der Waals surface area contributed by atoms with E-state index >= 15 is 0 Å². The molecule has 146 valence electrons. The molecule has 1 heterocycles. The highest BCUT2D eigenvalue weighted by Crippen LogP contribution is 2.22. The van der Waals surface area contributed by atoms with Crippen molar-refractivity contribution >= 4 is 43.8 Å². The first-order chi connectivity index (χ1) is 13.3. The first-order valence-corrected chi connectivity index (χ1v) is 10.7. The molecule has 0 saturated carbocycles. The van der Waals surface area contributed by atoms with Crippen LogP contribution in [0.1, 0.15) is 15.9 Å². The standard InChI is InChI=1S/C19H20N4O3S2/c1-13-12-14(4-9-17(13)23(2)3)18(24)21-15-5-7-16(8-6-15)28(25,26)22-19-20-10-11-27-19/h4-12H,1-3H3,(H,20,22)(H,21,24). The van der Waals surface area contributed by atoms with Crippen LogP contribution in [0.4, 0.5) is 16.5 Å². The van der Waals surface area contributed by atoms with Gasteiger partial charge in [-0.25, -0.2) is 13.4 Å². The highest BCUT2D eigenvalue weighted by molar-refractivity contribution is 7.93. The van der Waals surface area contributed by atoms with Gasteiger partial charge in [-0.3, -0.25) is 9.52 Å². The normalized spacial score (nSPS) is 11.1. The first-order valence-electron chi connectivity index (χ1n) is 8.38. The van der Waals surface area contributed by atoms with Crippen molar-refractivity contribution in [3.05, 3.63) is 65.2 Å². The van der Waals surface area contributed by atoms with Crippen LogP contribution in [0, 0.1) is 6.92 Å². The lowest BCUT2D eigenvalue weighted by Gasteiger charge is -2.16. The van der Waals surface area contributed by atoms with Gasteiger partial charge in [-0.05, 0) is 55.0 Å². The van der Waals surface area contributed by atoms with E-state index in [0.717, 1.165) is 11.3 Å². The Morgan fingerprint density at radius 1 is 1.11 bits per heavy atom. The van der Waals surface area contributed by atoms with Crippen LogP contribution < -0.4 is 14.9 Å². The molecule has 0 aliphatic rings. The predicted molar refractivity (Wildman–Crippen MR) is 113 cm³/mol. The number of nitrogens with one attached hydrogen (secondary N) is 2. The highest BCUT2D eigenvalue weighted by Gasteiger charge is 2.16. The number of carbonyl (C=O) groups excluding carboxylic acids is 1. The molecule has 0 unspecified atom stereocenters. The highest BCUT2D eigenvalue weighted by atomic mass is 32.2. The van der Waals surface area contributed by atoms with Crippen LogP contribution in [-0.2, 0) is 10.0 Å². The minimum atomic E-state index is -3.72.